The van der Waals surface area contributed by atoms with E-state index in [2.05, 4.69) is 25.7 Å². The molecule has 2 aromatic heterocycles. The summed E-state index contributed by atoms with van der Waals surface area (Å²) in [5.74, 6) is 0.816. The second-order valence-corrected chi connectivity index (χ2v) is 5.00. The third kappa shape index (κ3) is 3.92. The van der Waals surface area contributed by atoms with Gasteiger partial charge in [-0.05, 0) is 10.8 Å². The number of amides is 1. The summed E-state index contributed by atoms with van der Waals surface area (Å²) in [6, 6.07) is 13.1. The second kappa shape index (κ2) is 7.32. The van der Waals surface area contributed by atoms with Crippen LogP contribution in [0.4, 0.5) is 0 Å². The number of pyridine rings is 1. The molecule has 3 aromatic rings. The first-order valence-electron chi connectivity index (χ1n) is 7.33. The summed E-state index contributed by atoms with van der Waals surface area (Å²) in [5.41, 5.74) is 1.73. The molecule has 2 heterocycles. The molecule has 1 N–H and O–H groups in total. The fourth-order valence-corrected chi connectivity index (χ4v) is 2.03. The molecule has 0 bridgehead atoms. The molecule has 0 unspecified atom stereocenters. The van der Waals surface area contributed by atoms with Crippen LogP contribution in [0.5, 0.6) is 5.88 Å². The molecule has 0 fully saturated rings. The first kappa shape index (κ1) is 15.6. The van der Waals surface area contributed by atoms with Gasteiger partial charge in [-0.15, -0.1) is 10.2 Å². The Bertz CT molecular complexity index is 801. The Morgan fingerprint density at radius 1 is 1.21 bits per heavy atom. The van der Waals surface area contributed by atoms with Crippen LogP contribution in [-0.4, -0.2) is 38.2 Å². The fourth-order valence-electron chi connectivity index (χ4n) is 2.03. The van der Waals surface area contributed by atoms with E-state index in [0.717, 1.165) is 11.1 Å². The van der Waals surface area contributed by atoms with E-state index in [1.165, 1.54) is 4.80 Å². The smallest absolute Gasteiger partial charge is 0.243 e. The summed E-state index contributed by atoms with van der Waals surface area (Å²) in [4.78, 5) is 17.3. The Hall–Kier alpha value is -3.29. The fraction of sp³-hybridized carbons (Fsp3) is 0.188. The largest absolute Gasteiger partial charge is 0.481 e. The predicted molar refractivity (Wildman–Crippen MR) is 85.9 cm³/mol. The van der Waals surface area contributed by atoms with Crippen LogP contribution in [0.2, 0.25) is 0 Å². The maximum Gasteiger partial charge on any atom is 0.243 e. The number of tetrazole rings is 1. The van der Waals surface area contributed by atoms with Crippen molar-refractivity contribution in [3.05, 3.63) is 54.2 Å². The molecule has 24 heavy (non-hydrogen) atoms. The number of carbonyl (C=O) groups excluding carboxylic acids is 1. The Kier molecular flexibility index (Phi) is 4.76. The number of hydrogen-bond donors (Lipinski definition) is 1. The summed E-state index contributed by atoms with van der Waals surface area (Å²) in [7, 11) is 1.55. The molecule has 1 aromatic carbocycles. The molecule has 0 radical (unpaired) electrons. The van der Waals surface area contributed by atoms with Crippen LogP contribution >= 0.6 is 0 Å². The van der Waals surface area contributed by atoms with E-state index in [9.17, 15) is 4.79 Å². The van der Waals surface area contributed by atoms with E-state index >= 15 is 0 Å². The van der Waals surface area contributed by atoms with Gasteiger partial charge in [-0.1, -0.05) is 36.4 Å². The number of nitrogens with zero attached hydrogens (tertiary/aromatic N) is 5. The third-order valence-electron chi connectivity index (χ3n) is 3.27. The first-order valence-corrected chi connectivity index (χ1v) is 7.33. The normalized spacial score (nSPS) is 10.4. The highest BCUT2D eigenvalue weighted by atomic mass is 16.5. The summed E-state index contributed by atoms with van der Waals surface area (Å²) in [5, 5.41) is 14.8. The highest BCUT2D eigenvalue weighted by Gasteiger charge is 2.09. The van der Waals surface area contributed by atoms with Crippen molar-refractivity contribution in [3.63, 3.8) is 0 Å². The van der Waals surface area contributed by atoms with Gasteiger partial charge in [0.2, 0.25) is 17.6 Å². The summed E-state index contributed by atoms with van der Waals surface area (Å²) in [6.07, 6.45) is 1.65. The third-order valence-corrected chi connectivity index (χ3v) is 3.27. The number of carbonyl (C=O) groups is 1. The van der Waals surface area contributed by atoms with Gasteiger partial charge in [-0.3, -0.25) is 4.79 Å². The van der Waals surface area contributed by atoms with Crippen LogP contribution in [0.25, 0.3) is 11.4 Å². The number of methoxy groups -OCH3 is 1. The minimum absolute atomic E-state index is 0.00339. The number of benzene rings is 1. The Morgan fingerprint density at radius 2 is 2.04 bits per heavy atom. The molecule has 3 rings (SSSR count). The van der Waals surface area contributed by atoms with Crippen molar-refractivity contribution in [1.29, 1.82) is 0 Å². The van der Waals surface area contributed by atoms with Gasteiger partial charge in [0.25, 0.3) is 0 Å². The number of nitrogens with one attached hydrogen (secondary N) is 1. The molecular formula is C16H16N6O2. The molecule has 8 heteroatoms. The Labute approximate surface area is 138 Å². The molecule has 122 valence electrons. The lowest BCUT2D eigenvalue weighted by Crippen LogP contribution is -2.28. The van der Waals surface area contributed by atoms with Crippen molar-refractivity contribution in [3.8, 4) is 17.3 Å². The van der Waals surface area contributed by atoms with Crippen LogP contribution < -0.4 is 10.1 Å². The predicted octanol–water partition coefficient (Wildman–Crippen LogP) is 1.06. The summed E-state index contributed by atoms with van der Waals surface area (Å²) >= 11 is 0. The van der Waals surface area contributed by atoms with Crippen molar-refractivity contribution in [2.24, 2.45) is 0 Å². The molecule has 0 aliphatic carbocycles. The lowest BCUT2D eigenvalue weighted by atomic mass is 10.2. The van der Waals surface area contributed by atoms with Gasteiger partial charge in [0.1, 0.15) is 6.54 Å². The topological polar surface area (TPSA) is 94.8 Å². The van der Waals surface area contributed by atoms with Crippen LogP contribution in [0, 0.1) is 0 Å². The number of rotatable bonds is 6. The second-order valence-electron chi connectivity index (χ2n) is 5.00. The molecule has 1 amide bonds. The van der Waals surface area contributed by atoms with Crippen molar-refractivity contribution in [2.75, 3.05) is 7.11 Å². The van der Waals surface area contributed by atoms with Gasteiger partial charge in [-0.25, -0.2) is 4.98 Å². The Morgan fingerprint density at radius 3 is 2.75 bits per heavy atom. The first-order chi connectivity index (χ1) is 11.7. The number of aromatic nitrogens is 5. The molecule has 8 nitrogen and oxygen atoms in total. The Balaban J connectivity index is 1.54. The summed E-state index contributed by atoms with van der Waals surface area (Å²) in [6.45, 7) is 0.374. The molecule has 0 aliphatic rings. The zero-order chi connectivity index (χ0) is 16.8. The van der Waals surface area contributed by atoms with Gasteiger partial charge in [-0.2, -0.15) is 4.80 Å². The van der Waals surface area contributed by atoms with Gasteiger partial charge >= 0.3 is 0 Å². The van der Waals surface area contributed by atoms with Crippen molar-refractivity contribution >= 4 is 5.91 Å². The van der Waals surface area contributed by atoms with E-state index in [4.69, 9.17) is 4.74 Å². The van der Waals surface area contributed by atoms with Crippen LogP contribution in [0.1, 0.15) is 5.56 Å². The van der Waals surface area contributed by atoms with E-state index in [1.54, 1.807) is 19.4 Å². The van der Waals surface area contributed by atoms with Crippen molar-refractivity contribution < 1.29 is 9.53 Å². The zero-order valence-electron chi connectivity index (χ0n) is 13.1. The lowest BCUT2D eigenvalue weighted by molar-refractivity contribution is -0.122. The molecular weight excluding hydrogens is 308 g/mol. The van der Waals surface area contributed by atoms with Gasteiger partial charge in [0.05, 0.1) is 7.11 Å². The van der Waals surface area contributed by atoms with Crippen molar-refractivity contribution in [2.45, 2.75) is 13.1 Å². The average molecular weight is 324 g/mol. The van der Waals surface area contributed by atoms with Gasteiger partial charge in [0, 0.05) is 24.4 Å². The molecule has 0 aliphatic heterocycles. The quantitative estimate of drug-likeness (QED) is 0.728. The standard InChI is InChI=1S/C16H16N6O2/c1-24-15-8-7-12(10-18-15)9-17-14(23)11-22-20-16(19-21-22)13-5-3-2-4-6-13/h2-8,10H,9,11H2,1H3,(H,17,23). The van der Waals surface area contributed by atoms with Crippen LogP contribution in [0.3, 0.4) is 0 Å². The highest BCUT2D eigenvalue weighted by molar-refractivity contribution is 5.75. The van der Waals surface area contributed by atoms with Crippen LogP contribution in [0.15, 0.2) is 48.7 Å². The maximum absolute atomic E-state index is 12.0. The number of ether oxygens (including phenoxy) is 1. The zero-order valence-corrected chi connectivity index (χ0v) is 13.1. The lowest BCUT2D eigenvalue weighted by Gasteiger charge is -2.05. The average Bonchev–Trinajstić information content (AvgIpc) is 3.09. The minimum atomic E-state index is -0.206. The van der Waals surface area contributed by atoms with E-state index in [-0.39, 0.29) is 12.5 Å². The highest BCUT2D eigenvalue weighted by Crippen LogP contribution is 2.11. The minimum Gasteiger partial charge on any atom is -0.481 e. The van der Waals surface area contributed by atoms with E-state index < -0.39 is 0 Å². The van der Waals surface area contributed by atoms with Crippen molar-refractivity contribution in [1.82, 2.24) is 30.5 Å². The summed E-state index contributed by atoms with van der Waals surface area (Å²) < 4.78 is 4.99. The molecule has 0 saturated heterocycles. The monoisotopic (exact) mass is 324 g/mol. The molecule has 0 atom stereocenters. The van der Waals surface area contributed by atoms with Gasteiger partial charge < -0.3 is 10.1 Å². The molecule has 0 saturated carbocycles. The van der Waals surface area contributed by atoms with E-state index in [0.29, 0.717) is 18.2 Å². The van der Waals surface area contributed by atoms with E-state index in [1.807, 2.05) is 36.4 Å². The van der Waals surface area contributed by atoms with Gasteiger partial charge in [0.15, 0.2) is 0 Å². The number of hydrogen-bond acceptors (Lipinski definition) is 6. The van der Waals surface area contributed by atoms with Crippen LogP contribution in [-0.2, 0) is 17.9 Å². The molecule has 0 spiro atoms. The SMILES string of the molecule is COc1ccc(CNC(=O)Cn2nnc(-c3ccccc3)n2)cn1. The maximum atomic E-state index is 12.0.